The van der Waals surface area contributed by atoms with Gasteiger partial charge >= 0.3 is 0 Å². The number of sulfonamides is 1. The van der Waals surface area contributed by atoms with E-state index < -0.39 is 10.0 Å². The second-order valence-corrected chi connectivity index (χ2v) is 9.29. The van der Waals surface area contributed by atoms with Crippen LogP contribution < -0.4 is 5.73 Å². The number of hydrogen-bond acceptors (Lipinski definition) is 5. The average Bonchev–Trinajstić information content (AvgIpc) is 3.01. The molecule has 0 aliphatic carbocycles. The molecule has 5 nitrogen and oxygen atoms in total. The Labute approximate surface area is 151 Å². The van der Waals surface area contributed by atoms with Gasteiger partial charge < -0.3 is 10.5 Å². The molecule has 24 heavy (non-hydrogen) atoms. The molecule has 2 N–H and O–H groups in total. The molecule has 1 unspecified atom stereocenters. The molecule has 130 valence electrons. The zero-order valence-electron chi connectivity index (χ0n) is 13.2. The number of ether oxygens (including phenoxy) is 1. The van der Waals surface area contributed by atoms with Gasteiger partial charge in [-0.3, -0.25) is 0 Å². The Morgan fingerprint density at radius 2 is 1.96 bits per heavy atom. The van der Waals surface area contributed by atoms with Crippen LogP contribution in [0.5, 0.6) is 0 Å². The Kier molecular flexibility index (Phi) is 5.29. The smallest absolute Gasteiger partial charge is 0.243 e. The van der Waals surface area contributed by atoms with Crippen LogP contribution in [0, 0.1) is 0 Å². The molecular weight excluding hydrogens is 368 g/mol. The molecule has 1 aromatic heterocycles. The lowest BCUT2D eigenvalue weighted by molar-refractivity contribution is 0.0730. The van der Waals surface area contributed by atoms with Crippen molar-refractivity contribution in [1.29, 1.82) is 0 Å². The summed E-state index contributed by atoms with van der Waals surface area (Å²) in [6.45, 7) is 3.43. The first-order valence-corrected chi connectivity index (χ1v) is 10.3. The van der Waals surface area contributed by atoms with Crippen LogP contribution in [0.25, 0.3) is 10.4 Å². The van der Waals surface area contributed by atoms with Crippen molar-refractivity contribution in [1.82, 2.24) is 4.31 Å². The van der Waals surface area contributed by atoms with Crippen LogP contribution in [0.3, 0.4) is 0 Å². The molecule has 1 aromatic carbocycles. The predicted molar refractivity (Wildman–Crippen MR) is 96.9 cm³/mol. The van der Waals surface area contributed by atoms with Crippen molar-refractivity contribution in [3.05, 3.63) is 40.2 Å². The zero-order chi connectivity index (χ0) is 17.3. The van der Waals surface area contributed by atoms with Gasteiger partial charge in [-0.15, -0.1) is 11.3 Å². The molecule has 1 aliphatic heterocycles. The summed E-state index contributed by atoms with van der Waals surface area (Å²) < 4.78 is 33.5. The van der Waals surface area contributed by atoms with Crippen molar-refractivity contribution in [2.24, 2.45) is 5.73 Å². The molecule has 0 saturated carbocycles. The highest BCUT2D eigenvalue weighted by Crippen LogP contribution is 2.37. The van der Waals surface area contributed by atoms with Crippen LogP contribution in [-0.4, -0.2) is 39.0 Å². The van der Waals surface area contributed by atoms with E-state index in [1.54, 1.807) is 18.2 Å². The van der Waals surface area contributed by atoms with E-state index in [2.05, 4.69) is 0 Å². The zero-order valence-corrected chi connectivity index (χ0v) is 15.6. The highest BCUT2D eigenvalue weighted by molar-refractivity contribution is 7.89. The Balaban J connectivity index is 2.12. The van der Waals surface area contributed by atoms with Crippen molar-refractivity contribution in [3.8, 4) is 10.4 Å². The number of nitrogens with two attached hydrogens (primary N) is 1. The predicted octanol–water partition coefficient (Wildman–Crippen LogP) is 3.11. The van der Waals surface area contributed by atoms with Crippen molar-refractivity contribution < 1.29 is 13.2 Å². The molecule has 0 amide bonds. The summed E-state index contributed by atoms with van der Waals surface area (Å²) in [5.41, 5.74) is 7.50. The van der Waals surface area contributed by atoms with E-state index in [1.807, 2.05) is 19.1 Å². The van der Waals surface area contributed by atoms with Crippen LogP contribution in [0.1, 0.15) is 18.5 Å². The lowest BCUT2D eigenvalue weighted by Gasteiger charge is -2.27. The molecule has 8 heteroatoms. The molecule has 0 radical (unpaired) electrons. The van der Waals surface area contributed by atoms with Gasteiger partial charge in [-0.1, -0.05) is 17.7 Å². The number of rotatable bonds is 4. The minimum atomic E-state index is -3.60. The first-order chi connectivity index (χ1) is 11.4. The largest absolute Gasteiger partial charge is 0.379 e. The molecule has 1 fully saturated rings. The van der Waals surface area contributed by atoms with Crippen LogP contribution in [0.15, 0.2) is 35.2 Å². The number of nitrogens with zero attached hydrogens (tertiary/aromatic N) is 1. The molecule has 1 atom stereocenters. The fraction of sp³-hybridized carbons (Fsp3) is 0.375. The normalized spacial score (nSPS) is 17.8. The molecule has 0 bridgehead atoms. The maximum Gasteiger partial charge on any atom is 0.243 e. The van der Waals surface area contributed by atoms with Gasteiger partial charge in [0, 0.05) is 29.6 Å². The molecule has 0 spiro atoms. The van der Waals surface area contributed by atoms with Gasteiger partial charge in [0.2, 0.25) is 10.0 Å². The van der Waals surface area contributed by atoms with Gasteiger partial charge in [-0.25, -0.2) is 8.42 Å². The fourth-order valence-corrected chi connectivity index (χ4v) is 5.37. The maximum atomic E-state index is 13.1. The lowest BCUT2D eigenvalue weighted by Crippen LogP contribution is -2.40. The second-order valence-electron chi connectivity index (χ2n) is 5.66. The van der Waals surface area contributed by atoms with E-state index in [1.165, 1.54) is 15.6 Å². The van der Waals surface area contributed by atoms with E-state index in [4.69, 9.17) is 22.1 Å². The quantitative estimate of drug-likeness (QED) is 0.876. The summed E-state index contributed by atoms with van der Waals surface area (Å²) >= 11 is 7.40. The van der Waals surface area contributed by atoms with Crippen LogP contribution in [-0.2, 0) is 14.8 Å². The van der Waals surface area contributed by atoms with Gasteiger partial charge in [0.1, 0.15) is 0 Å². The summed E-state index contributed by atoms with van der Waals surface area (Å²) in [4.78, 5) is 1.10. The summed E-state index contributed by atoms with van der Waals surface area (Å²) in [7, 11) is -3.60. The monoisotopic (exact) mass is 386 g/mol. The third-order valence-corrected chi connectivity index (χ3v) is 7.18. The summed E-state index contributed by atoms with van der Waals surface area (Å²) in [5, 5.41) is 0. The Bertz CT molecular complexity index is 828. The van der Waals surface area contributed by atoms with Gasteiger partial charge in [0.05, 0.1) is 22.4 Å². The lowest BCUT2D eigenvalue weighted by atomic mass is 10.0. The third-order valence-electron chi connectivity index (χ3n) is 3.96. The highest BCUT2D eigenvalue weighted by atomic mass is 35.5. The molecule has 1 saturated heterocycles. The Morgan fingerprint density at radius 1 is 1.25 bits per heavy atom. The summed E-state index contributed by atoms with van der Waals surface area (Å²) in [5.74, 6) is 0. The molecule has 3 rings (SSSR count). The number of morpholine rings is 1. The van der Waals surface area contributed by atoms with Crippen molar-refractivity contribution >= 4 is 33.0 Å². The molecule has 2 heterocycles. The Morgan fingerprint density at radius 3 is 2.54 bits per heavy atom. The number of thiophene rings is 1. The molecular formula is C16H19ClN2O3S2. The van der Waals surface area contributed by atoms with Gasteiger partial charge in [0.25, 0.3) is 0 Å². The number of halogens is 1. The first kappa shape index (κ1) is 17.8. The topological polar surface area (TPSA) is 72.6 Å². The van der Waals surface area contributed by atoms with E-state index in [0.717, 1.165) is 10.4 Å². The van der Waals surface area contributed by atoms with Crippen LogP contribution >= 0.6 is 22.9 Å². The van der Waals surface area contributed by atoms with E-state index in [0.29, 0.717) is 36.2 Å². The Hall–Kier alpha value is -0.960. The standard InChI is InChI=1S/C16H19ClN2O3S2/c1-11(18)12-2-4-15(13(10-12)14-3-5-16(17)23-14)24(20,21)19-6-8-22-9-7-19/h2-5,10-11H,6-9,18H2,1H3. The minimum absolute atomic E-state index is 0.181. The number of benzene rings is 1. The summed E-state index contributed by atoms with van der Waals surface area (Å²) in [6, 6.07) is 8.69. The van der Waals surface area contributed by atoms with Gasteiger partial charge in [0.15, 0.2) is 0 Å². The van der Waals surface area contributed by atoms with E-state index in [-0.39, 0.29) is 10.9 Å². The molecule has 2 aromatic rings. The fourth-order valence-electron chi connectivity index (χ4n) is 2.63. The average molecular weight is 387 g/mol. The second kappa shape index (κ2) is 7.11. The molecule has 1 aliphatic rings. The minimum Gasteiger partial charge on any atom is -0.379 e. The van der Waals surface area contributed by atoms with Crippen molar-refractivity contribution in [2.45, 2.75) is 17.9 Å². The maximum absolute atomic E-state index is 13.1. The number of hydrogen-bond donors (Lipinski definition) is 1. The van der Waals surface area contributed by atoms with Crippen LogP contribution in [0.2, 0.25) is 4.34 Å². The van der Waals surface area contributed by atoms with Gasteiger partial charge in [-0.2, -0.15) is 4.31 Å². The summed E-state index contributed by atoms with van der Waals surface area (Å²) in [6.07, 6.45) is 0. The van der Waals surface area contributed by atoms with E-state index >= 15 is 0 Å². The van der Waals surface area contributed by atoms with Crippen LogP contribution in [0.4, 0.5) is 0 Å². The van der Waals surface area contributed by atoms with Crippen molar-refractivity contribution in [2.75, 3.05) is 26.3 Å². The first-order valence-electron chi connectivity index (χ1n) is 7.63. The van der Waals surface area contributed by atoms with Crippen molar-refractivity contribution in [3.63, 3.8) is 0 Å². The van der Waals surface area contributed by atoms with Gasteiger partial charge in [-0.05, 0) is 36.8 Å². The highest BCUT2D eigenvalue weighted by Gasteiger charge is 2.29. The van der Waals surface area contributed by atoms with E-state index in [9.17, 15) is 8.42 Å². The SMILES string of the molecule is CC(N)c1ccc(S(=O)(=O)N2CCOCC2)c(-c2ccc(Cl)s2)c1. The third kappa shape index (κ3) is 3.51.